The van der Waals surface area contributed by atoms with Crippen LogP contribution in [0.1, 0.15) is 31.2 Å². The maximum absolute atomic E-state index is 11.0. The van der Waals surface area contributed by atoms with E-state index in [4.69, 9.17) is 14.6 Å². The van der Waals surface area contributed by atoms with Gasteiger partial charge in [-0.25, -0.2) is 4.79 Å². The molecule has 3 rings (SSSR count). The van der Waals surface area contributed by atoms with Gasteiger partial charge in [0.2, 0.25) is 0 Å². The van der Waals surface area contributed by atoms with Crippen LogP contribution in [0.2, 0.25) is 0 Å². The van der Waals surface area contributed by atoms with Gasteiger partial charge < -0.3 is 19.9 Å². The Hall–Kier alpha value is -0.950. The van der Waals surface area contributed by atoms with Crippen molar-refractivity contribution in [3.05, 3.63) is 34.3 Å². The SMILES string of the molecule is O=C(O)COC1(c2cccc(Br)c2)CCC2(CC1)CNCCO2. The number of aliphatic carboxylic acids is 1. The molecule has 5 nitrogen and oxygen atoms in total. The van der Waals surface area contributed by atoms with Crippen molar-refractivity contribution in [1.82, 2.24) is 5.32 Å². The first-order chi connectivity index (χ1) is 11.0. The number of morpholine rings is 1. The lowest BCUT2D eigenvalue weighted by molar-refractivity contribution is -0.168. The Balaban J connectivity index is 1.81. The molecule has 0 radical (unpaired) electrons. The first kappa shape index (κ1) is 16.9. The smallest absolute Gasteiger partial charge is 0.329 e. The molecule has 1 saturated carbocycles. The molecule has 0 aromatic heterocycles. The maximum Gasteiger partial charge on any atom is 0.329 e. The second-order valence-electron chi connectivity index (χ2n) is 6.40. The molecule has 1 aliphatic carbocycles. The molecule has 1 aromatic carbocycles. The molecule has 1 spiro atoms. The van der Waals surface area contributed by atoms with E-state index in [9.17, 15) is 4.79 Å². The number of nitrogens with one attached hydrogen (secondary N) is 1. The van der Waals surface area contributed by atoms with Crippen LogP contribution in [0.25, 0.3) is 0 Å². The molecule has 23 heavy (non-hydrogen) atoms. The predicted octanol–water partition coefficient (Wildman–Crippen LogP) is 2.68. The largest absolute Gasteiger partial charge is 0.480 e. The van der Waals surface area contributed by atoms with Crippen molar-refractivity contribution in [3.63, 3.8) is 0 Å². The van der Waals surface area contributed by atoms with E-state index < -0.39 is 11.6 Å². The number of carboxylic acids is 1. The third kappa shape index (κ3) is 3.76. The van der Waals surface area contributed by atoms with Gasteiger partial charge in [0.15, 0.2) is 0 Å². The summed E-state index contributed by atoms with van der Waals surface area (Å²) in [4.78, 5) is 11.0. The van der Waals surface area contributed by atoms with E-state index in [2.05, 4.69) is 21.2 Å². The van der Waals surface area contributed by atoms with E-state index >= 15 is 0 Å². The minimum absolute atomic E-state index is 0.125. The molecule has 1 saturated heterocycles. The summed E-state index contributed by atoms with van der Waals surface area (Å²) in [5.41, 5.74) is 0.362. The quantitative estimate of drug-likeness (QED) is 0.836. The monoisotopic (exact) mass is 383 g/mol. The summed E-state index contributed by atoms with van der Waals surface area (Å²) >= 11 is 3.50. The molecule has 2 fully saturated rings. The summed E-state index contributed by atoms with van der Waals surface area (Å²) in [6.07, 6.45) is 3.26. The van der Waals surface area contributed by atoms with Crippen LogP contribution in [-0.2, 0) is 19.9 Å². The zero-order valence-electron chi connectivity index (χ0n) is 13.0. The standard InChI is InChI=1S/C17H22BrNO4/c18-14-3-1-2-13(10-14)17(23-11-15(20)21)6-4-16(5-7-17)12-19-8-9-22-16/h1-3,10,19H,4-9,11-12H2,(H,20,21). The fourth-order valence-electron chi connectivity index (χ4n) is 3.63. The summed E-state index contributed by atoms with van der Waals surface area (Å²) in [7, 11) is 0. The number of halogens is 1. The minimum Gasteiger partial charge on any atom is -0.480 e. The van der Waals surface area contributed by atoms with E-state index in [0.29, 0.717) is 0 Å². The highest BCUT2D eigenvalue weighted by Crippen LogP contribution is 2.46. The van der Waals surface area contributed by atoms with E-state index in [1.54, 1.807) is 0 Å². The number of carboxylic acid groups (broad SMARTS) is 1. The molecule has 126 valence electrons. The van der Waals surface area contributed by atoms with Crippen molar-refractivity contribution < 1.29 is 19.4 Å². The number of carbonyl (C=O) groups is 1. The molecule has 1 aliphatic heterocycles. The Morgan fingerprint density at radius 3 is 2.74 bits per heavy atom. The molecule has 0 amide bonds. The second kappa shape index (κ2) is 6.89. The van der Waals surface area contributed by atoms with Gasteiger partial charge in [-0.05, 0) is 43.4 Å². The summed E-state index contributed by atoms with van der Waals surface area (Å²) < 4.78 is 12.9. The number of ether oxygens (including phenoxy) is 2. The van der Waals surface area contributed by atoms with Gasteiger partial charge in [0, 0.05) is 17.6 Å². The van der Waals surface area contributed by atoms with Crippen LogP contribution < -0.4 is 5.32 Å². The van der Waals surface area contributed by atoms with Crippen LogP contribution in [0.4, 0.5) is 0 Å². The predicted molar refractivity (Wildman–Crippen MR) is 89.4 cm³/mol. The molecule has 1 heterocycles. The molecule has 1 aromatic rings. The van der Waals surface area contributed by atoms with Gasteiger partial charge in [-0.15, -0.1) is 0 Å². The average molecular weight is 384 g/mol. The first-order valence-corrected chi connectivity index (χ1v) is 8.80. The van der Waals surface area contributed by atoms with E-state index in [-0.39, 0.29) is 12.2 Å². The molecular weight excluding hydrogens is 362 g/mol. The van der Waals surface area contributed by atoms with Gasteiger partial charge in [0.05, 0.1) is 17.8 Å². The molecule has 2 N–H and O–H groups in total. The maximum atomic E-state index is 11.0. The van der Waals surface area contributed by atoms with Crippen LogP contribution in [0.5, 0.6) is 0 Å². The molecular formula is C17H22BrNO4. The van der Waals surface area contributed by atoms with Crippen molar-refractivity contribution in [2.75, 3.05) is 26.3 Å². The lowest BCUT2D eigenvalue weighted by atomic mass is 9.72. The van der Waals surface area contributed by atoms with Crippen molar-refractivity contribution in [1.29, 1.82) is 0 Å². The first-order valence-electron chi connectivity index (χ1n) is 8.00. The van der Waals surface area contributed by atoms with Gasteiger partial charge >= 0.3 is 5.97 Å². The van der Waals surface area contributed by atoms with Gasteiger partial charge in [-0.3, -0.25) is 0 Å². The van der Waals surface area contributed by atoms with Crippen molar-refractivity contribution in [3.8, 4) is 0 Å². The van der Waals surface area contributed by atoms with Gasteiger partial charge in [0.1, 0.15) is 6.61 Å². The topological polar surface area (TPSA) is 67.8 Å². The Labute approximate surface area is 144 Å². The number of rotatable bonds is 4. The number of hydrogen-bond donors (Lipinski definition) is 2. The zero-order chi connectivity index (χ0) is 16.3. The van der Waals surface area contributed by atoms with Crippen molar-refractivity contribution in [2.45, 2.75) is 36.9 Å². The van der Waals surface area contributed by atoms with Gasteiger partial charge in [-0.2, -0.15) is 0 Å². The van der Waals surface area contributed by atoms with Gasteiger partial charge in [-0.1, -0.05) is 28.1 Å². The summed E-state index contributed by atoms with van der Waals surface area (Å²) in [5.74, 6) is -0.935. The Kier molecular flexibility index (Phi) is 5.06. The Morgan fingerprint density at radius 1 is 1.35 bits per heavy atom. The molecule has 0 unspecified atom stereocenters. The van der Waals surface area contributed by atoms with E-state index in [1.807, 2.05) is 24.3 Å². The lowest BCUT2D eigenvalue weighted by Gasteiger charge is -2.47. The normalized spacial score (nSPS) is 31.2. The van der Waals surface area contributed by atoms with E-state index in [0.717, 1.165) is 55.4 Å². The molecule has 6 heteroatoms. The highest BCUT2D eigenvalue weighted by Gasteiger charge is 2.46. The molecule has 2 aliphatic rings. The van der Waals surface area contributed by atoms with Crippen molar-refractivity contribution in [2.24, 2.45) is 0 Å². The van der Waals surface area contributed by atoms with Crippen LogP contribution >= 0.6 is 15.9 Å². The molecule has 0 bridgehead atoms. The summed E-state index contributed by atoms with van der Waals surface area (Å²) in [6.45, 7) is 2.22. The Bertz CT molecular complexity index is 561. The second-order valence-corrected chi connectivity index (χ2v) is 7.31. The number of benzene rings is 1. The zero-order valence-corrected chi connectivity index (χ0v) is 14.6. The van der Waals surface area contributed by atoms with E-state index in [1.165, 1.54) is 0 Å². The highest BCUT2D eigenvalue weighted by molar-refractivity contribution is 9.10. The number of hydrogen-bond acceptors (Lipinski definition) is 4. The lowest BCUT2D eigenvalue weighted by Crippen LogP contribution is -2.54. The van der Waals surface area contributed by atoms with Crippen LogP contribution in [0.15, 0.2) is 28.7 Å². The minimum atomic E-state index is -0.935. The molecule has 0 atom stereocenters. The fourth-order valence-corrected chi connectivity index (χ4v) is 4.02. The van der Waals surface area contributed by atoms with Gasteiger partial charge in [0.25, 0.3) is 0 Å². The van der Waals surface area contributed by atoms with Crippen molar-refractivity contribution >= 4 is 21.9 Å². The van der Waals surface area contributed by atoms with Crippen LogP contribution in [-0.4, -0.2) is 43.0 Å². The van der Waals surface area contributed by atoms with Crippen LogP contribution in [0, 0.1) is 0 Å². The fraction of sp³-hybridized carbons (Fsp3) is 0.588. The third-order valence-corrected chi connectivity index (χ3v) is 5.42. The Morgan fingerprint density at radius 2 is 2.13 bits per heavy atom. The average Bonchev–Trinajstić information content (AvgIpc) is 2.56. The summed E-state index contributed by atoms with van der Waals surface area (Å²) in [5, 5.41) is 12.4. The van der Waals surface area contributed by atoms with Crippen LogP contribution in [0.3, 0.4) is 0 Å². The summed E-state index contributed by atoms with van der Waals surface area (Å²) in [6, 6.07) is 7.98. The third-order valence-electron chi connectivity index (χ3n) is 4.93. The highest BCUT2D eigenvalue weighted by atomic mass is 79.9.